The first-order valence-corrected chi connectivity index (χ1v) is 8.05. The zero-order valence-corrected chi connectivity index (χ0v) is 13.6. The molecule has 0 aliphatic heterocycles. The third kappa shape index (κ3) is 4.61. The molecule has 3 heteroatoms. The summed E-state index contributed by atoms with van der Waals surface area (Å²) in [6, 6.07) is 0.344. The van der Waals surface area contributed by atoms with Crippen molar-refractivity contribution in [3.8, 4) is 11.8 Å². The first-order valence-electron chi connectivity index (χ1n) is 8.05. The van der Waals surface area contributed by atoms with E-state index in [1.54, 1.807) is 13.8 Å². The van der Waals surface area contributed by atoms with E-state index in [-0.39, 0.29) is 11.8 Å². The minimum atomic E-state index is -1.01. The fourth-order valence-electron chi connectivity index (χ4n) is 2.41. The van der Waals surface area contributed by atoms with Gasteiger partial charge in [-0.25, -0.2) is 0 Å². The third-order valence-electron chi connectivity index (χ3n) is 4.01. The summed E-state index contributed by atoms with van der Waals surface area (Å²) in [4.78, 5) is 12.4. The molecule has 0 bridgehead atoms. The van der Waals surface area contributed by atoms with E-state index in [2.05, 4.69) is 24.1 Å². The van der Waals surface area contributed by atoms with Crippen LogP contribution in [-0.2, 0) is 4.79 Å². The Balaban J connectivity index is 2.17. The lowest BCUT2D eigenvalue weighted by atomic mass is 9.91. The number of allylic oxidation sites excluding steroid dienone is 5. The lowest BCUT2D eigenvalue weighted by molar-refractivity contribution is -0.119. The SMILES string of the molecule is CCC1C=CC(C#CC(C)(C)O)=CC=C1C(=O)NC1CCC1. The number of carbonyl (C=O) groups excluding carboxylic acids is 1. The van der Waals surface area contributed by atoms with E-state index < -0.39 is 5.60 Å². The van der Waals surface area contributed by atoms with Gasteiger partial charge >= 0.3 is 0 Å². The molecule has 0 aromatic heterocycles. The van der Waals surface area contributed by atoms with E-state index >= 15 is 0 Å². The zero-order valence-electron chi connectivity index (χ0n) is 13.6. The molecule has 2 aliphatic rings. The van der Waals surface area contributed by atoms with Gasteiger partial charge in [-0.3, -0.25) is 4.79 Å². The fraction of sp³-hybridized carbons (Fsp3) is 0.526. The maximum Gasteiger partial charge on any atom is 0.248 e. The average molecular weight is 299 g/mol. The molecule has 0 aromatic rings. The van der Waals surface area contributed by atoms with Crippen LogP contribution in [-0.4, -0.2) is 22.7 Å². The van der Waals surface area contributed by atoms with E-state index in [0.717, 1.165) is 30.4 Å². The van der Waals surface area contributed by atoms with Gasteiger partial charge in [0.1, 0.15) is 5.60 Å². The highest BCUT2D eigenvalue weighted by Crippen LogP contribution is 2.24. The smallest absolute Gasteiger partial charge is 0.248 e. The topological polar surface area (TPSA) is 49.3 Å². The Bertz CT molecular complexity index is 575. The van der Waals surface area contributed by atoms with Crippen LogP contribution in [0.25, 0.3) is 0 Å². The summed E-state index contributed by atoms with van der Waals surface area (Å²) < 4.78 is 0. The molecule has 0 aromatic carbocycles. The van der Waals surface area contributed by atoms with Gasteiger partial charge < -0.3 is 10.4 Å². The maximum absolute atomic E-state index is 12.4. The second-order valence-corrected chi connectivity index (χ2v) is 6.53. The quantitative estimate of drug-likeness (QED) is 0.787. The van der Waals surface area contributed by atoms with E-state index in [1.165, 1.54) is 6.42 Å². The van der Waals surface area contributed by atoms with E-state index in [4.69, 9.17) is 0 Å². The largest absolute Gasteiger partial charge is 0.378 e. The highest BCUT2D eigenvalue weighted by molar-refractivity contribution is 5.95. The fourth-order valence-corrected chi connectivity index (χ4v) is 2.41. The van der Waals surface area contributed by atoms with E-state index in [1.807, 2.05) is 24.3 Å². The van der Waals surface area contributed by atoms with Crippen LogP contribution in [0.1, 0.15) is 46.5 Å². The maximum atomic E-state index is 12.4. The van der Waals surface area contributed by atoms with E-state index in [0.29, 0.717) is 6.04 Å². The zero-order chi connectivity index (χ0) is 16.2. The lowest BCUT2D eigenvalue weighted by Crippen LogP contribution is -2.41. The van der Waals surface area contributed by atoms with Crippen molar-refractivity contribution in [3.63, 3.8) is 0 Å². The summed E-state index contributed by atoms with van der Waals surface area (Å²) in [7, 11) is 0. The van der Waals surface area contributed by atoms with Gasteiger partial charge in [0, 0.05) is 23.1 Å². The van der Waals surface area contributed by atoms with Crippen molar-refractivity contribution in [1.29, 1.82) is 0 Å². The summed E-state index contributed by atoms with van der Waals surface area (Å²) in [6.45, 7) is 5.39. The molecule has 2 N–H and O–H groups in total. The minimum absolute atomic E-state index is 0.0362. The number of aliphatic hydroxyl groups is 1. The third-order valence-corrected chi connectivity index (χ3v) is 4.01. The molecule has 1 fully saturated rings. The van der Waals surface area contributed by atoms with Gasteiger partial charge in [0.05, 0.1) is 0 Å². The summed E-state index contributed by atoms with van der Waals surface area (Å²) in [6.07, 6.45) is 12.0. The number of hydrogen-bond donors (Lipinski definition) is 2. The Morgan fingerprint density at radius 2 is 2.14 bits per heavy atom. The number of rotatable bonds is 3. The second kappa shape index (κ2) is 6.98. The Labute approximate surface area is 133 Å². The van der Waals surface area contributed by atoms with Crippen LogP contribution in [0.5, 0.6) is 0 Å². The Morgan fingerprint density at radius 3 is 2.68 bits per heavy atom. The highest BCUT2D eigenvalue weighted by Gasteiger charge is 2.24. The number of hydrogen-bond acceptors (Lipinski definition) is 2. The molecule has 0 saturated heterocycles. The first-order chi connectivity index (χ1) is 10.4. The van der Waals surface area contributed by atoms with Crippen LogP contribution in [0.3, 0.4) is 0 Å². The van der Waals surface area contributed by atoms with Gasteiger partial charge in [0.2, 0.25) is 5.91 Å². The van der Waals surface area contributed by atoms with Crippen LogP contribution >= 0.6 is 0 Å². The standard InChI is InChI=1S/C19H25NO2/c1-4-15-10-8-14(12-13-19(2,3)22)9-11-17(15)18(21)20-16-6-5-7-16/h8-11,15-16,22H,4-7H2,1-3H3,(H,20,21). The molecule has 0 heterocycles. The van der Waals surface area contributed by atoms with Gasteiger partial charge in [-0.1, -0.05) is 30.9 Å². The second-order valence-electron chi connectivity index (χ2n) is 6.53. The molecule has 0 spiro atoms. The molecule has 118 valence electrons. The predicted octanol–water partition coefficient (Wildman–Crippen LogP) is 2.88. The van der Waals surface area contributed by atoms with Gasteiger partial charge in [-0.15, -0.1) is 0 Å². The molecule has 3 nitrogen and oxygen atoms in total. The van der Waals surface area contributed by atoms with Crippen molar-refractivity contribution < 1.29 is 9.90 Å². The van der Waals surface area contributed by atoms with Crippen molar-refractivity contribution in [1.82, 2.24) is 5.32 Å². The molecule has 1 amide bonds. The lowest BCUT2D eigenvalue weighted by Gasteiger charge is -2.27. The molecular weight excluding hydrogens is 274 g/mol. The number of nitrogens with one attached hydrogen (secondary N) is 1. The Kier molecular flexibility index (Phi) is 5.26. The summed E-state index contributed by atoms with van der Waals surface area (Å²) in [5.41, 5.74) is 0.594. The monoisotopic (exact) mass is 299 g/mol. The van der Waals surface area contributed by atoms with E-state index in [9.17, 15) is 9.90 Å². The average Bonchev–Trinajstić information content (AvgIpc) is 2.61. The molecule has 1 saturated carbocycles. The van der Waals surface area contributed by atoms with Crippen LogP contribution < -0.4 is 5.32 Å². The van der Waals surface area contributed by atoms with Crippen molar-refractivity contribution in [2.45, 2.75) is 58.1 Å². The van der Waals surface area contributed by atoms with Gasteiger partial charge in [0.15, 0.2) is 0 Å². The van der Waals surface area contributed by atoms with Gasteiger partial charge in [-0.2, -0.15) is 0 Å². The number of amides is 1. The Morgan fingerprint density at radius 1 is 1.41 bits per heavy atom. The van der Waals surface area contributed by atoms with Crippen molar-refractivity contribution in [2.75, 3.05) is 0 Å². The summed E-state index contributed by atoms with van der Waals surface area (Å²) in [5, 5.41) is 12.8. The highest BCUT2D eigenvalue weighted by atomic mass is 16.3. The van der Waals surface area contributed by atoms with Crippen LogP contribution in [0.15, 0.2) is 35.5 Å². The van der Waals surface area contributed by atoms with Gasteiger partial charge in [-0.05, 0) is 51.7 Å². The molecule has 22 heavy (non-hydrogen) atoms. The molecule has 2 aliphatic carbocycles. The van der Waals surface area contributed by atoms with Gasteiger partial charge in [0.25, 0.3) is 0 Å². The van der Waals surface area contributed by atoms with Crippen LogP contribution in [0, 0.1) is 17.8 Å². The molecule has 1 atom stereocenters. The molecular formula is C19H25NO2. The first kappa shape index (κ1) is 16.6. The van der Waals surface area contributed by atoms with Crippen LogP contribution in [0.4, 0.5) is 0 Å². The normalized spacial score (nSPS) is 21.7. The predicted molar refractivity (Wildman–Crippen MR) is 88.9 cm³/mol. The number of carbonyl (C=O) groups is 1. The minimum Gasteiger partial charge on any atom is -0.378 e. The molecule has 2 rings (SSSR count). The summed E-state index contributed by atoms with van der Waals surface area (Å²) in [5.74, 6) is 5.92. The van der Waals surface area contributed by atoms with Crippen molar-refractivity contribution in [2.24, 2.45) is 5.92 Å². The Hall–Kier alpha value is -1.79. The molecule has 1 unspecified atom stereocenters. The molecule has 0 radical (unpaired) electrons. The van der Waals surface area contributed by atoms with Crippen LogP contribution in [0.2, 0.25) is 0 Å². The van der Waals surface area contributed by atoms with Crippen molar-refractivity contribution >= 4 is 5.91 Å². The summed E-state index contributed by atoms with van der Waals surface area (Å²) >= 11 is 0. The van der Waals surface area contributed by atoms with Crippen molar-refractivity contribution in [3.05, 3.63) is 35.5 Å².